The first-order valence-corrected chi connectivity index (χ1v) is 11.0. The summed E-state index contributed by atoms with van der Waals surface area (Å²) < 4.78 is 0. The van der Waals surface area contributed by atoms with Crippen LogP contribution in [0, 0.1) is 6.92 Å². The standard InChI is InChI=1S/C29H25N3/c1-3-21-8-5-10-23(14-21)28-17-24(15-25-18-30-19-31-29(25)28)22-9-6-12-27(16-22)32-26-11-4-7-20(2)13-26/h4-19,32H,3H2,1-2H3. The number of nitrogens with zero attached hydrogens (tertiary/aromatic N) is 2. The average molecular weight is 416 g/mol. The Bertz CT molecular complexity index is 1400. The monoisotopic (exact) mass is 415 g/mol. The molecule has 1 heterocycles. The van der Waals surface area contributed by atoms with Crippen molar-refractivity contribution in [2.24, 2.45) is 0 Å². The number of rotatable bonds is 5. The minimum absolute atomic E-state index is 0.978. The average Bonchev–Trinajstić information content (AvgIpc) is 2.83. The molecule has 0 atom stereocenters. The Morgan fingerprint density at radius 3 is 2.38 bits per heavy atom. The van der Waals surface area contributed by atoms with Gasteiger partial charge in [-0.2, -0.15) is 0 Å². The Morgan fingerprint density at radius 1 is 0.750 bits per heavy atom. The van der Waals surface area contributed by atoms with Gasteiger partial charge in [-0.25, -0.2) is 9.97 Å². The molecule has 0 saturated carbocycles. The maximum Gasteiger partial charge on any atom is 0.116 e. The van der Waals surface area contributed by atoms with Crippen LogP contribution in [0.2, 0.25) is 0 Å². The van der Waals surface area contributed by atoms with E-state index >= 15 is 0 Å². The number of anilines is 2. The van der Waals surface area contributed by atoms with Crippen LogP contribution in [0.5, 0.6) is 0 Å². The lowest BCUT2D eigenvalue weighted by atomic mass is 9.94. The molecule has 0 fully saturated rings. The maximum absolute atomic E-state index is 4.61. The Kier molecular flexibility index (Phi) is 5.39. The summed E-state index contributed by atoms with van der Waals surface area (Å²) in [7, 11) is 0. The second kappa shape index (κ2) is 8.64. The van der Waals surface area contributed by atoms with Crippen molar-refractivity contribution < 1.29 is 0 Å². The van der Waals surface area contributed by atoms with Crippen molar-refractivity contribution in [1.82, 2.24) is 9.97 Å². The van der Waals surface area contributed by atoms with Crippen molar-refractivity contribution in [2.45, 2.75) is 20.3 Å². The van der Waals surface area contributed by atoms with E-state index in [-0.39, 0.29) is 0 Å². The highest BCUT2D eigenvalue weighted by atomic mass is 14.9. The summed E-state index contributed by atoms with van der Waals surface area (Å²) in [5.74, 6) is 0. The molecule has 32 heavy (non-hydrogen) atoms. The summed E-state index contributed by atoms with van der Waals surface area (Å²) in [6.45, 7) is 4.29. The molecule has 4 aromatic carbocycles. The van der Waals surface area contributed by atoms with Gasteiger partial charge in [0.25, 0.3) is 0 Å². The van der Waals surface area contributed by atoms with Crippen molar-refractivity contribution in [1.29, 1.82) is 0 Å². The molecule has 0 aliphatic heterocycles. The van der Waals surface area contributed by atoms with Crippen LogP contribution in [0.1, 0.15) is 18.1 Å². The number of fused-ring (bicyclic) bond motifs is 1. The second-order valence-electron chi connectivity index (χ2n) is 8.11. The smallest absolute Gasteiger partial charge is 0.116 e. The van der Waals surface area contributed by atoms with Gasteiger partial charge in [0.1, 0.15) is 6.33 Å². The minimum atomic E-state index is 0.978. The molecule has 0 spiro atoms. The van der Waals surface area contributed by atoms with Crippen LogP contribution in [0.15, 0.2) is 97.5 Å². The zero-order valence-electron chi connectivity index (χ0n) is 18.3. The van der Waals surface area contributed by atoms with E-state index in [9.17, 15) is 0 Å². The SMILES string of the molecule is CCc1cccc(-c2cc(-c3cccc(Nc4cccc(C)c4)c3)cc3cncnc23)c1. The van der Waals surface area contributed by atoms with Crippen LogP contribution >= 0.6 is 0 Å². The van der Waals surface area contributed by atoms with Gasteiger partial charge in [-0.05, 0) is 77.6 Å². The van der Waals surface area contributed by atoms with Crippen molar-refractivity contribution in [3.8, 4) is 22.3 Å². The first-order valence-electron chi connectivity index (χ1n) is 11.0. The molecule has 3 nitrogen and oxygen atoms in total. The minimum Gasteiger partial charge on any atom is -0.356 e. The highest BCUT2D eigenvalue weighted by Gasteiger charge is 2.10. The third-order valence-corrected chi connectivity index (χ3v) is 5.76. The van der Waals surface area contributed by atoms with Crippen LogP contribution in [0.3, 0.4) is 0 Å². The van der Waals surface area contributed by atoms with E-state index in [0.29, 0.717) is 0 Å². The van der Waals surface area contributed by atoms with Crippen LogP contribution in [-0.4, -0.2) is 9.97 Å². The molecule has 0 amide bonds. The van der Waals surface area contributed by atoms with Crippen LogP contribution in [0.25, 0.3) is 33.2 Å². The van der Waals surface area contributed by atoms with Gasteiger partial charge in [-0.15, -0.1) is 0 Å². The fraction of sp³-hybridized carbons (Fsp3) is 0.103. The van der Waals surface area contributed by atoms with Gasteiger partial charge in [-0.3, -0.25) is 0 Å². The Hall–Kier alpha value is -3.98. The quantitative estimate of drug-likeness (QED) is 0.321. The summed E-state index contributed by atoms with van der Waals surface area (Å²) in [5, 5.41) is 4.57. The van der Waals surface area contributed by atoms with Crippen molar-refractivity contribution in [2.75, 3.05) is 5.32 Å². The summed E-state index contributed by atoms with van der Waals surface area (Å²) in [4.78, 5) is 8.88. The molecule has 0 unspecified atom stereocenters. The highest BCUT2D eigenvalue weighted by Crippen LogP contribution is 2.34. The van der Waals surface area contributed by atoms with E-state index in [0.717, 1.165) is 45.4 Å². The third-order valence-electron chi connectivity index (χ3n) is 5.76. The molecule has 5 aromatic rings. The zero-order valence-corrected chi connectivity index (χ0v) is 18.3. The van der Waals surface area contributed by atoms with Gasteiger partial charge in [0.2, 0.25) is 0 Å². The lowest BCUT2D eigenvalue weighted by Gasteiger charge is -2.13. The molecule has 0 saturated heterocycles. The van der Waals surface area contributed by atoms with Gasteiger partial charge >= 0.3 is 0 Å². The summed E-state index contributed by atoms with van der Waals surface area (Å²) >= 11 is 0. The molecule has 3 heteroatoms. The van der Waals surface area contributed by atoms with Crippen molar-refractivity contribution in [3.05, 3.63) is 109 Å². The van der Waals surface area contributed by atoms with E-state index in [4.69, 9.17) is 0 Å². The van der Waals surface area contributed by atoms with Crippen molar-refractivity contribution >= 4 is 22.3 Å². The predicted molar refractivity (Wildman–Crippen MR) is 134 cm³/mol. The van der Waals surface area contributed by atoms with E-state index < -0.39 is 0 Å². The van der Waals surface area contributed by atoms with Gasteiger partial charge < -0.3 is 5.32 Å². The van der Waals surface area contributed by atoms with Crippen molar-refractivity contribution in [3.63, 3.8) is 0 Å². The Balaban J connectivity index is 1.60. The normalized spacial score (nSPS) is 10.9. The molecule has 156 valence electrons. The topological polar surface area (TPSA) is 37.8 Å². The van der Waals surface area contributed by atoms with E-state index in [1.54, 1.807) is 6.33 Å². The lowest BCUT2D eigenvalue weighted by molar-refractivity contribution is 1.14. The first-order chi connectivity index (χ1) is 15.7. The molecule has 0 bridgehead atoms. The molecular weight excluding hydrogens is 390 g/mol. The van der Waals surface area contributed by atoms with Gasteiger partial charge in [-0.1, -0.05) is 55.5 Å². The molecule has 1 aromatic heterocycles. The zero-order chi connectivity index (χ0) is 21.9. The number of nitrogens with one attached hydrogen (secondary N) is 1. The number of benzene rings is 4. The van der Waals surface area contributed by atoms with Gasteiger partial charge in [0, 0.05) is 28.5 Å². The maximum atomic E-state index is 4.61. The summed E-state index contributed by atoms with van der Waals surface area (Å²) in [6.07, 6.45) is 4.53. The van der Waals surface area contributed by atoms with Gasteiger partial charge in [0.15, 0.2) is 0 Å². The number of aryl methyl sites for hydroxylation is 2. The van der Waals surface area contributed by atoms with E-state index in [2.05, 4.69) is 114 Å². The van der Waals surface area contributed by atoms with E-state index in [1.807, 2.05) is 6.20 Å². The lowest BCUT2D eigenvalue weighted by Crippen LogP contribution is -1.92. The first kappa shape index (κ1) is 20.0. The summed E-state index contributed by atoms with van der Waals surface area (Å²) in [5.41, 5.74) is 10.3. The largest absolute Gasteiger partial charge is 0.356 e. The molecular formula is C29H25N3. The molecule has 5 rings (SSSR count). The third kappa shape index (κ3) is 4.10. The molecule has 0 aliphatic rings. The fourth-order valence-electron chi connectivity index (χ4n) is 4.12. The highest BCUT2D eigenvalue weighted by molar-refractivity contribution is 5.97. The summed E-state index contributed by atoms with van der Waals surface area (Å²) in [6, 6.07) is 30.1. The number of hydrogen-bond donors (Lipinski definition) is 1. The second-order valence-corrected chi connectivity index (χ2v) is 8.11. The van der Waals surface area contributed by atoms with Gasteiger partial charge in [0.05, 0.1) is 5.52 Å². The van der Waals surface area contributed by atoms with Crippen LogP contribution in [-0.2, 0) is 6.42 Å². The van der Waals surface area contributed by atoms with Crippen LogP contribution < -0.4 is 5.32 Å². The predicted octanol–water partition coefficient (Wildman–Crippen LogP) is 7.58. The molecule has 1 N–H and O–H groups in total. The number of aromatic nitrogens is 2. The Labute approximate surface area is 188 Å². The van der Waals surface area contributed by atoms with Crippen LogP contribution in [0.4, 0.5) is 11.4 Å². The number of hydrogen-bond acceptors (Lipinski definition) is 3. The van der Waals surface area contributed by atoms with E-state index in [1.165, 1.54) is 16.7 Å². The fourth-order valence-corrected chi connectivity index (χ4v) is 4.12. The molecule has 0 radical (unpaired) electrons. The molecule has 0 aliphatic carbocycles. The Morgan fingerprint density at radius 2 is 1.53 bits per heavy atom.